The van der Waals surface area contributed by atoms with Gasteiger partial charge < -0.3 is 9.47 Å². The van der Waals surface area contributed by atoms with Gasteiger partial charge in [-0.15, -0.1) is 0 Å². The number of ether oxygens (including phenoxy) is 2. The van der Waals surface area contributed by atoms with Crippen LogP contribution in [0.2, 0.25) is 0 Å². The van der Waals surface area contributed by atoms with E-state index in [-0.39, 0.29) is 17.9 Å². The lowest BCUT2D eigenvalue weighted by Crippen LogP contribution is -2.32. The summed E-state index contributed by atoms with van der Waals surface area (Å²) >= 11 is 0. The topological polar surface area (TPSA) is 55.8 Å². The first kappa shape index (κ1) is 16.6. The molecule has 2 aliphatic heterocycles. The fourth-order valence-corrected chi connectivity index (χ4v) is 5.22. The van der Waals surface area contributed by atoms with Crippen molar-refractivity contribution in [1.82, 2.24) is 4.90 Å². The Bertz CT molecular complexity index is 686. The van der Waals surface area contributed by atoms with Crippen molar-refractivity contribution in [3.05, 3.63) is 23.3 Å². The van der Waals surface area contributed by atoms with Crippen LogP contribution in [0.1, 0.15) is 31.4 Å². The van der Waals surface area contributed by atoms with Crippen LogP contribution in [0, 0.1) is 0 Å². The van der Waals surface area contributed by atoms with E-state index in [1.165, 1.54) is 5.56 Å². The van der Waals surface area contributed by atoms with Gasteiger partial charge in [0.05, 0.1) is 18.1 Å². The largest absolute Gasteiger partial charge is 0.494 e. The molecule has 1 aromatic rings. The third-order valence-electron chi connectivity index (χ3n) is 4.63. The molecule has 0 aliphatic carbocycles. The molecule has 0 spiro atoms. The molecule has 0 N–H and O–H groups in total. The van der Waals surface area contributed by atoms with E-state index < -0.39 is 9.84 Å². The van der Waals surface area contributed by atoms with Gasteiger partial charge in [0.25, 0.3) is 0 Å². The molecule has 0 bridgehead atoms. The zero-order valence-electron chi connectivity index (χ0n) is 14.0. The normalized spacial score (nSPS) is 25.4. The third-order valence-corrected chi connectivity index (χ3v) is 6.38. The zero-order valence-corrected chi connectivity index (χ0v) is 14.9. The Balaban J connectivity index is 1.80. The van der Waals surface area contributed by atoms with E-state index in [2.05, 4.69) is 24.0 Å². The van der Waals surface area contributed by atoms with Gasteiger partial charge in [-0.1, -0.05) is 0 Å². The molecular formula is C17H25NO4S. The van der Waals surface area contributed by atoms with Crippen molar-refractivity contribution in [1.29, 1.82) is 0 Å². The fourth-order valence-electron chi connectivity index (χ4n) is 3.42. The van der Waals surface area contributed by atoms with Gasteiger partial charge in [0.2, 0.25) is 0 Å². The number of rotatable bonds is 5. The minimum atomic E-state index is -2.87. The summed E-state index contributed by atoms with van der Waals surface area (Å²) in [6.45, 7) is 5.32. The molecule has 0 radical (unpaired) electrons. The van der Waals surface area contributed by atoms with E-state index in [4.69, 9.17) is 9.47 Å². The van der Waals surface area contributed by atoms with Gasteiger partial charge >= 0.3 is 0 Å². The molecule has 2 aliphatic rings. The second-order valence-electron chi connectivity index (χ2n) is 6.61. The van der Waals surface area contributed by atoms with Gasteiger partial charge in [-0.25, -0.2) is 8.42 Å². The van der Waals surface area contributed by atoms with Crippen LogP contribution in [-0.4, -0.2) is 50.6 Å². The highest BCUT2D eigenvalue weighted by atomic mass is 32.2. The van der Waals surface area contributed by atoms with Gasteiger partial charge in [-0.3, -0.25) is 4.90 Å². The lowest BCUT2D eigenvalue weighted by Gasteiger charge is -2.24. The van der Waals surface area contributed by atoms with Crippen LogP contribution in [0.25, 0.3) is 0 Å². The summed E-state index contributed by atoms with van der Waals surface area (Å²) in [5, 5.41) is 0. The SMILES string of the molecule is CCOc1cc2c(cc1CN(C)[C@H]1CCS(=O)(=O)C1)O[C@H](C)C2. The average molecular weight is 339 g/mol. The zero-order chi connectivity index (χ0) is 16.6. The van der Waals surface area contributed by atoms with Gasteiger partial charge in [-0.05, 0) is 39.4 Å². The molecule has 1 saturated heterocycles. The summed E-state index contributed by atoms with van der Waals surface area (Å²) in [5.74, 6) is 2.37. The fraction of sp³-hybridized carbons (Fsp3) is 0.647. The lowest BCUT2D eigenvalue weighted by molar-refractivity contribution is 0.243. The molecule has 0 amide bonds. The van der Waals surface area contributed by atoms with Crippen LogP contribution >= 0.6 is 0 Å². The van der Waals surface area contributed by atoms with E-state index in [1.54, 1.807) is 0 Å². The Morgan fingerprint density at radius 2 is 2.17 bits per heavy atom. The van der Waals surface area contributed by atoms with Crippen LogP contribution in [0.4, 0.5) is 0 Å². The summed E-state index contributed by atoms with van der Waals surface area (Å²) in [5.41, 5.74) is 2.25. The highest BCUT2D eigenvalue weighted by Gasteiger charge is 2.31. The van der Waals surface area contributed by atoms with Crippen molar-refractivity contribution < 1.29 is 17.9 Å². The van der Waals surface area contributed by atoms with Crippen molar-refractivity contribution in [2.24, 2.45) is 0 Å². The number of hydrogen-bond donors (Lipinski definition) is 0. The number of sulfone groups is 1. The minimum Gasteiger partial charge on any atom is -0.494 e. The maximum absolute atomic E-state index is 11.7. The van der Waals surface area contributed by atoms with Crippen LogP contribution in [0.15, 0.2) is 12.1 Å². The van der Waals surface area contributed by atoms with E-state index >= 15 is 0 Å². The maximum Gasteiger partial charge on any atom is 0.151 e. The van der Waals surface area contributed by atoms with Crippen molar-refractivity contribution in [3.8, 4) is 11.5 Å². The molecule has 5 nitrogen and oxygen atoms in total. The standard InChI is InChI=1S/C17H25NO4S/c1-4-21-16-8-13-7-12(2)22-17(13)9-14(16)10-18(3)15-5-6-23(19,20)11-15/h8-9,12,15H,4-7,10-11H2,1-3H3/t12-,15+/m1/s1. The highest BCUT2D eigenvalue weighted by Crippen LogP contribution is 2.36. The molecule has 2 heterocycles. The summed E-state index contributed by atoms with van der Waals surface area (Å²) in [4.78, 5) is 2.12. The Morgan fingerprint density at radius 3 is 2.83 bits per heavy atom. The Labute approximate surface area is 138 Å². The summed E-state index contributed by atoms with van der Waals surface area (Å²) in [7, 11) is -0.883. The van der Waals surface area contributed by atoms with E-state index in [0.29, 0.717) is 25.3 Å². The summed E-state index contributed by atoms with van der Waals surface area (Å²) < 4.78 is 35.0. The van der Waals surface area contributed by atoms with E-state index in [1.807, 2.05) is 14.0 Å². The average Bonchev–Trinajstić information content (AvgIpc) is 3.00. The molecule has 0 unspecified atom stereocenters. The molecule has 1 fully saturated rings. The minimum absolute atomic E-state index is 0.0857. The quantitative estimate of drug-likeness (QED) is 0.821. The predicted octanol–water partition coefficient (Wildman–Crippen LogP) is 2.03. The number of hydrogen-bond acceptors (Lipinski definition) is 5. The molecular weight excluding hydrogens is 314 g/mol. The van der Waals surface area contributed by atoms with E-state index in [0.717, 1.165) is 23.5 Å². The monoisotopic (exact) mass is 339 g/mol. The van der Waals surface area contributed by atoms with Crippen molar-refractivity contribution in [2.45, 2.75) is 45.4 Å². The summed E-state index contributed by atoms with van der Waals surface area (Å²) in [6, 6.07) is 4.23. The van der Waals surface area contributed by atoms with Gasteiger partial charge in [0.1, 0.15) is 17.6 Å². The van der Waals surface area contributed by atoms with Gasteiger partial charge in [-0.2, -0.15) is 0 Å². The second-order valence-corrected chi connectivity index (χ2v) is 8.83. The summed E-state index contributed by atoms with van der Waals surface area (Å²) in [6.07, 6.45) is 1.82. The molecule has 23 heavy (non-hydrogen) atoms. The van der Waals surface area contributed by atoms with Crippen LogP contribution in [-0.2, 0) is 22.8 Å². The van der Waals surface area contributed by atoms with E-state index in [9.17, 15) is 8.42 Å². The molecule has 3 rings (SSSR count). The third kappa shape index (κ3) is 3.63. The number of fused-ring (bicyclic) bond motifs is 1. The lowest BCUT2D eigenvalue weighted by atomic mass is 10.1. The maximum atomic E-state index is 11.7. The van der Waals surface area contributed by atoms with Gasteiger partial charge in [0, 0.05) is 30.1 Å². The Hall–Kier alpha value is -1.27. The molecule has 1 aromatic carbocycles. The first-order valence-electron chi connectivity index (χ1n) is 8.24. The van der Waals surface area contributed by atoms with Crippen molar-refractivity contribution in [3.63, 3.8) is 0 Å². The second kappa shape index (κ2) is 6.32. The molecule has 2 atom stereocenters. The Morgan fingerprint density at radius 1 is 1.39 bits per heavy atom. The molecule has 0 aromatic heterocycles. The van der Waals surface area contributed by atoms with Crippen LogP contribution in [0.3, 0.4) is 0 Å². The van der Waals surface area contributed by atoms with Crippen molar-refractivity contribution >= 4 is 9.84 Å². The first-order valence-corrected chi connectivity index (χ1v) is 10.1. The molecule has 0 saturated carbocycles. The number of nitrogens with zero attached hydrogens (tertiary/aromatic N) is 1. The predicted molar refractivity (Wildman–Crippen MR) is 89.9 cm³/mol. The van der Waals surface area contributed by atoms with Crippen LogP contribution < -0.4 is 9.47 Å². The highest BCUT2D eigenvalue weighted by molar-refractivity contribution is 7.91. The van der Waals surface area contributed by atoms with Crippen LogP contribution in [0.5, 0.6) is 11.5 Å². The van der Waals surface area contributed by atoms with Crippen molar-refractivity contribution in [2.75, 3.05) is 25.2 Å². The molecule has 128 valence electrons. The Kier molecular flexibility index (Phi) is 4.56. The first-order chi connectivity index (χ1) is 10.9. The molecule has 6 heteroatoms. The van der Waals surface area contributed by atoms with Gasteiger partial charge in [0.15, 0.2) is 9.84 Å². The smallest absolute Gasteiger partial charge is 0.151 e. The number of benzene rings is 1.